The van der Waals surface area contributed by atoms with Gasteiger partial charge in [-0.25, -0.2) is 0 Å². The third-order valence-corrected chi connectivity index (χ3v) is 3.65. The van der Waals surface area contributed by atoms with Crippen molar-refractivity contribution in [1.82, 2.24) is 10.6 Å². The van der Waals surface area contributed by atoms with Gasteiger partial charge in [0.2, 0.25) is 5.91 Å². The maximum Gasteiger partial charge on any atom is 0.234 e. The van der Waals surface area contributed by atoms with E-state index < -0.39 is 0 Å². The number of carbonyl (C=O) groups is 1. The van der Waals surface area contributed by atoms with Gasteiger partial charge in [-0.15, -0.1) is 0 Å². The Hall–Kier alpha value is -0.570. The molecule has 2 rings (SSSR count). The Kier molecular flexibility index (Phi) is 3.62. The number of hydrogen-bond acceptors (Lipinski definition) is 2. The van der Waals surface area contributed by atoms with Crippen molar-refractivity contribution in [3.8, 4) is 0 Å². The summed E-state index contributed by atoms with van der Waals surface area (Å²) in [4.78, 5) is 11.5. The van der Waals surface area contributed by atoms with Crippen LogP contribution >= 0.6 is 0 Å². The molecule has 1 amide bonds. The third kappa shape index (κ3) is 3.20. The quantitative estimate of drug-likeness (QED) is 0.721. The highest BCUT2D eigenvalue weighted by atomic mass is 16.2. The summed E-state index contributed by atoms with van der Waals surface area (Å²) in [6.07, 6.45) is 7.48. The minimum absolute atomic E-state index is 0.180. The summed E-state index contributed by atoms with van der Waals surface area (Å²) >= 11 is 0. The van der Waals surface area contributed by atoms with Crippen LogP contribution in [0.15, 0.2) is 0 Å². The van der Waals surface area contributed by atoms with E-state index in [-0.39, 0.29) is 5.91 Å². The number of nitrogens with one attached hydrogen (secondary N) is 2. The smallest absolute Gasteiger partial charge is 0.234 e. The topological polar surface area (TPSA) is 41.1 Å². The zero-order valence-electron chi connectivity index (χ0n) is 9.59. The van der Waals surface area contributed by atoms with Gasteiger partial charge in [0.05, 0.1) is 6.54 Å². The predicted molar refractivity (Wildman–Crippen MR) is 60.6 cm³/mol. The summed E-state index contributed by atoms with van der Waals surface area (Å²) in [6.45, 7) is 2.76. The molecule has 86 valence electrons. The Balaban J connectivity index is 1.65. The first-order chi connectivity index (χ1) is 7.29. The fraction of sp³-hybridized carbons (Fsp3) is 0.917. The van der Waals surface area contributed by atoms with E-state index in [1.54, 1.807) is 0 Å². The van der Waals surface area contributed by atoms with E-state index in [4.69, 9.17) is 0 Å². The van der Waals surface area contributed by atoms with E-state index in [1.165, 1.54) is 38.5 Å². The SMILES string of the molecule is CCC1CCCC1NCC(=O)NC1CC1. The molecule has 15 heavy (non-hydrogen) atoms. The summed E-state index contributed by atoms with van der Waals surface area (Å²) < 4.78 is 0. The summed E-state index contributed by atoms with van der Waals surface area (Å²) in [7, 11) is 0. The lowest BCUT2D eigenvalue weighted by Crippen LogP contribution is -2.41. The second-order valence-electron chi connectivity index (χ2n) is 4.93. The van der Waals surface area contributed by atoms with E-state index >= 15 is 0 Å². The van der Waals surface area contributed by atoms with Crippen molar-refractivity contribution in [2.75, 3.05) is 6.54 Å². The normalized spacial score (nSPS) is 30.5. The van der Waals surface area contributed by atoms with Crippen LogP contribution in [0.2, 0.25) is 0 Å². The molecule has 2 N–H and O–H groups in total. The molecular formula is C12H22N2O. The monoisotopic (exact) mass is 210 g/mol. The fourth-order valence-electron chi connectivity index (χ4n) is 2.52. The minimum atomic E-state index is 0.180. The maximum atomic E-state index is 11.5. The average Bonchev–Trinajstić information content (AvgIpc) is 2.92. The van der Waals surface area contributed by atoms with Crippen LogP contribution in [0.5, 0.6) is 0 Å². The van der Waals surface area contributed by atoms with E-state index in [0.717, 1.165) is 5.92 Å². The summed E-state index contributed by atoms with van der Waals surface area (Å²) in [6, 6.07) is 1.07. The molecule has 0 bridgehead atoms. The second-order valence-corrected chi connectivity index (χ2v) is 4.93. The predicted octanol–water partition coefficient (Wildman–Crippen LogP) is 1.43. The molecule has 2 fully saturated rings. The molecule has 0 aromatic heterocycles. The van der Waals surface area contributed by atoms with Crippen LogP contribution in [0, 0.1) is 5.92 Å². The zero-order valence-corrected chi connectivity index (χ0v) is 9.59. The Morgan fingerprint density at radius 1 is 1.27 bits per heavy atom. The number of carbonyl (C=O) groups excluding carboxylic acids is 1. The van der Waals surface area contributed by atoms with Gasteiger partial charge < -0.3 is 10.6 Å². The molecule has 2 unspecified atom stereocenters. The fourth-order valence-corrected chi connectivity index (χ4v) is 2.52. The molecule has 0 radical (unpaired) electrons. The van der Waals surface area contributed by atoms with Crippen LogP contribution in [0.1, 0.15) is 45.4 Å². The molecule has 2 aliphatic carbocycles. The highest BCUT2D eigenvalue weighted by molar-refractivity contribution is 5.78. The number of amides is 1. The molecule has 3 nitrogen and oxygen atoms in total. The Bertz CT molecular complexity index is 226. The average molecular weight is 210 g/mol. The molecule has 2 aliphatic rings. The van der Waals surface area contributed by atoms with Crippen molar-refractivity contribution < 1.29 is 4.79 Å². The van der Waals surface area contributed by atoms with Crippen molar-refractivity contribution in [2.24, 2.45) is 5.92 Å². The van der Waals surface area contributed by atoms with Crippen molar-refractivity contribution in [1.29, 1.82) is 0 Å². The number of rotatable bonds is 5. The molecule has 2 atom stereocenters. The van der Waals surface area contributed by atoms with Crippen molar-refractivity contribution in [2.45, 2.75) is 57.5 Å². The van der Waals surface area contributed by atoms with Gasteiger partial charge in [0.15, 0.2) is 0 Å². The highest BCUT2D eigenvalue weighted by Gasteiger charge is 2.27. The second kappa shape index (κ2) is 4.97. The molecule has 2 saturated carbocycles. The van der Waals surface area contributed by atoms with E-state index in [0.29, 0.717) is 18.6 Å². The van der Waals surface area contributed by atoms with Gasteiger partial charge in [-0.1, -0.05) is 19.8 Å². The van der Waals surface area contributed by atoms with Gasteiger partial charge >= 0.3 is 0 Å². The zero-order chi connectivity index (χ0) is 10.7. The van der Waals surface area contributed by atoms with Gasteiger partial charge in [0.1, 0.15) is 0 Å². The van der Waals surface area contributed by atoms with E-state index in [1.807, 2.05) is 0 Å². The van der Waals surface area contributed by atoms with Gasteiger partial charge in [-0.3, -0.25) is 4.79 Å². The van der Waals surface area contributed by atoms with Crippen LogP contribution in [0.3, 0.4) is 0 Å². The van der Waals surface area contributed by atoms with Crippen LogP contribution in [0.25, 0.3) is 0 Å². The summed E-state index contributed by atoms with van der Waals surface area (Å²) in [5.41, 5.74) is 0. The van der Waals surface area contributed by atoms with Gasteiger partial charge in [-0.05, 0) is 31.6 Å². The summed E-state index contributed by atoms with van der Waals surface area (Å²) in [5.74, 6) is 0.970. The van der Waals surface area contributed by atoms with Crippen LogP contribution in [-0.2, 0) is 4.79 Å². The third-order valence-electron chi connectivity index (χ3n) is 3.65. The Morgan fingerprint density at radius 2 is 2.07 bits per heavy atom. The highest BCUT2D eigenvalue weighted by Crippen LogP contribution is 2.27. The molecule has 0 aromatic rings. The lowest BCUT2D eigenvalue weighted by Gasteiger charge is -2.19. The standard InChI is InChI=1S/C12H22N2O/c1-2-9-4-3-5-11(9)13-8-12(15)14-10-6-7-10/h9-11,13H,2-8H2,1H3,(H,14,15). The molecular weight excluding hydrogens is 188 g/mol. The number of hydrogen-bond donors (Lipinski definition) is 2. The Morgan fingerprint density at radius 3 is 2.73 bits per heavy atom. The maximum absolute atomic E-state index is 11.5. The molecule has 0 aliphatic heterocycles. The molecule has 0 saturated heterocycles. The molecule has 0 heterocycles. The van der Waals surface area contributed by atoms with Gasteiger partial charge in [0.25, 0.3) is 0 Å². The largest absolute Gasteiger partial charge is 0.352 e. The van der Waals surface area contributed by atoms with Crippen LogP contribution in [0.4, 0.5) is 0 Å². The van der Waals surface area contributed by atoms with Gasteiger partial charge in [0, 0.05) is 12.1 Å². The van der Waals surface area contributed by atoms with Gasteiger partial charge in [-0.2, -0.15) is 0 Å². The first kappa shape index (κ1) is 10.9. The molecule has 0 spiro atoms. The summed E-state index contributed by atoms with van der Waals surface area (Å²) in [5, 5.41) is 6.41. The van der Waals surface area contributed by atoms with E-state index in [2.05, 4.69) is 17.6 Å². The molecule has 3 heteroatoms. The minimum Gasteiger partial charge on any atom is -0.352 e. The first-order valence-corrected chi connectivity index (χ1v) is 6.32. The van der Waals surface area contributed by atoms with E-state index in [9.17, 15) is 4.79 Å². The van der Waals surface area contributed by atoms with Crippen LogP contribution < -0.4 is 10.6 Å². The van der Waals surface area contributed by atoms with Crippen molar-refractivity contribution >= 4 is 5.91 Å². The Labute approximate surface area is 92.0 Å². The first-order valence-electron chi connectivity index (χ1n) is 6.32. The lowest BCUT2D eigenvalue weighted by atomic mass is 10.0. The lowest BCUT2D eigenvalue weighted by molar-refractivity contribution is -0.120. The van der Waals surface area contributed by atoms with Crippen LogP contribution in [-0.4, -0.2) is 24.5 Å². The van der Waals surface area contributed by atoms with Crippen molar-refractivity contribution in [3.05, 3.63) is 0 Å². The molecule has 0 aromatic carbocycles. The van der Waals surface area contributed by atoms with Crippen molar-refractivity contribution in [3.63, 3.8) is 0 Å².